The summed E-state index contributed by atoms with van der Waals surface area (Å²) in [6.07, 6.45) is 1.61. The highest BCUT2D eigenvalue weighted by Crippen LogP contribution is 2.15. The number of aliphatic hydroxyl groups excluding tert-OH is 1. The van der Waals surface area contributed by atoms with E-state index < -0.39 is 0 Å². The summed E-state index contributed by atoms with van der Waals surface area (Å²) in [6.45, 7) is 1.28. The van der Waals surface area contributed by atoms with Crippen LogP contribution in [-0.2, 0) is 0 Å². The number of benzene rings is 1. The van der Waals surface area contributed by atoms with Crippen LogP contribution in [0, 0.1) is 5.82 Å². The highest BCUT2D eigenvalue weighted by Gasteiger charge is 2.12. The van der Waals surface area contributed by atoms with Crippen molar-refractivity contribution in [3.05, 3.63) is 35.6 Å². The van der Waals surface area contributed by atoms with Gasteiger partial charge in [0.25, 0.3) is 0 Å². The van der Waals surface area contributed by atoms with Crippen LogP contribution in [0.4, 0.5) is 4.39 Å². The summed E-state index contributed by atoms with van der Waals surface area (Å²) in [5.41, 5.74) is 6.22. The number of nitrogens with two attached hydrogens (primary N) is 1. The molecule has 0 aliphatic heterocycles. The van der Waals surface area contributed by atoms with Gasteiger partial charge in [-0.05, 0) is 25.5 Å². The van der Waals surface area contributed by atoms with E-state index in [2.05, 4.69) is 5.32 Å². The first-order valence-corrected chi connectivity index (χ1v) is 5.58. The van der Waals surface area contributed by atoms with Crippen molar-refractivity contribution in [1.29, 1.82) is 0 Å². The molecule has 16 heavy (non-hydrogen) atoms. The molecular weight excluding hydrogens is 207 g/mol. The lowest BCUT2D eigenvalue weighted by Gasteiger charge is -2.17. The van der Waals surface area contributed by atoms with E-state index in [4.69, 9.17) is 10.8 Å². The maximum Gasteiger partial charge on any atom is 0.128 e. The summed E-state index contributed by atoms with van der Waals surface area (Å²) in [4.78, 5) is 0. The van der Waals surface area contributed by atoms with Crippen molar-refractivity contribution in [2.45, 2.75) is 18.9 Å². The molecule has 3 nitrogen and oxygen atoms in total. The average molecular weight is 226 g/mol. The minimum atomic E-state index is -0.229. The summed E-state index contributed by atoms with van der Waals surface area (Å²) in [5.74, 6) is -0.229. The zero-order valence-electron chi connectivity index (χ0n) is 9.32. The van der Waals surface area contributed by atoms with Crippen molar-refractivity contribution in [2.24, 2.45) is 5.73 Å². The van der Waals surface area contributed by atoms with Gasteiger partial charge in [-0.1, -0.05) is 18.2 Å². The van der Waals surface area contributed by atoms with Gasteiger partial charge in [-0.25, -0.2) is 4.39 Å². The van der Waals surface area contributed by atoms with Gasteiger partial charge in [0.1, 0.15) is 5.82 Å². The molecule has 0 saturated carbocycles. The Kier molecular flexibility index (Phi) is 6.00. The maximum atomic E-state index is 13.5. The third-order valence-corrected chi connectivity index (χ3v) is 2.49. The predicted molar refractivity (Wildman–Crippen MR) is 62.5 cm³/mol. The first-order valence-electron chi connectivity index (χ1n) is 5.58. The largest absolute Gasteiger partial charge is 0.396 e. The fraction of sp³-hybridized carbons (Fsp3) is 0.500. The molecule has 0 amide bonds. The van der Waals surface area contributed by atoms with E-state index in [9.17, 15) is 4.39 Å². The molecule has 0 aliphatic rings. The third kappa shape index (κ3) is 3.89. The van der Waals surface area contributed by atoms with Gasteiger partial charge in [0.15, 0.2) is 0 Å². The lowest BCUT2D eigenvalue weighted by Crippen LogP contribution is -2.29. The molecule has 1 aromatic rings. The number of hydrogen-bond donors (Lipinski definition) is 3. The second-order valence-corrected chi connectivity index (χ2v) is 3.69. The standard InChI is InChI=1S/C12H19FN2O/c13-11-6-2-1-5-10(11)12(9-14)15-7-3-4-8-16/h1-2,5-6,12,15-16H,3-4,7-9,14H2. The molecule has 0 spiro atoms. The first kappa shape index (κ1) is 13.1. The highest BCUT2D eigenvalue weighted by molar-refractivity contribution is 5.21. The van der Waals surface area contributed by atoms with Gasteiger partial charge in [0, 0.05) is 24.8 Å². The second-order valence-electron chi connectivity index (χ2n) is 3.69. The van der Waals surface area contributed by atoms with Gasteiger partial charge in [-0.15, -0.1) is 0 Å². The average Bonchev–Trinajstić information content (AvgIpc) is 2.31. The number of aliphatic hydroxyl groups is 1. The monoisotopic (exact) mass is 226 g/mol. The molecule has 1 rings (SSSR count). The zero-order valence-corrected chi connectivity index (χ0v) is 9.32. The molecule has 0 aliphatic carbocycles. The molecule has 4 heteroatoms. The van der Waals surface area contributed by atoms with Crippen LogP contribution in [0.1, 0.15) is 24.4 Å². The minimum absolute atomic E-state index is 0.153. The van der Waals surface area contributed by atoms with Crippen molar-refractivity contribution >= 4 is 0 Å². The number of unbranched alkanes of at least 4 members (excludes halogenated alkanes) is 1. The summed E-state index contributed by atoms with van der Waals surface area (Å²) in [5, 5.41) is 11.8. The van der Waals surface area contributed by atoms with Crippen LogP contribution in [-0.4, -0.2) is 24.8 Å². The van der Waals surface area contributed by atoms with Gasteiger partial charge >= 0.3 is 0 Å². The van der Waals surface area contributed by atoms with E-state index in [1.165, 1.54) is 6.07 Å². The highest BCUT2D eigenvalue weighted by atomic mass is 19.1. The zero-order chi connectivity index (χ0) is 11.8. The van der Waals surface area contributed by atoms with E-state index in [0.717, 1.165) is 19.4 Å². The predicted octanol–water partition coefficient (Wildman–Crippen LogP) is 1.19. The van der Waals surface area contributed by atoms with Crippen molar-refractivity contribution < 1.29 is 9.50 Å². The maximum absolute atomic E-state index is 13.5. The molecule has 0 aromatic heterocycles. The lowest BCUT2D eigenvalue weighted by molar-refractivity contribution is 0.282. The molecule has 1 atom stereocenters. The molecule has 0 fully saturated rings. The molecule has 0 saturated heterocycles. The molecule has 1 unspecified atom stereocenters. The number of halogens is 1. The van der Waals surface area contributed by atoms with Crippen molar-refractivity contribution in [3.63, 3.8) is 0 Å². The van der Waals surface area contributed by atoms with Crippen LogP contribution >= 0.6 is 0 Å². The minimum Gasteiger partial charge on any atom is -0.396 e. The van der Waals surface area contributed by atoms with Crippen molar-refractivity contribution in [2.75, 3.05) is 19.7 Å². The van der Waals surface area contributed by atoms with E-state index in [-0.39, 0.29) is 18.5 Å². The van der Waals surface area contributed by atoms with Gasteiger partial charge in [-0.3, -0.25) is 0 Å². The normalized spacial score (nSPS) is 12.7. The van der Waals surface area contributed by atoms with Gasteiger partial charge in [0.05, 0.1) is 0 Å². The van der Waals surface area contributed by atoms with Crippen LogP contribution < -0.4 is 11.1 Å². The quantitative estimate of drug-likeness (QED) is 0.612. The molecule has 0 radical (unpaired) electrons. The SMILES string of the molecule is NCC(NCCCCO)c1ccccc1F. The van der Waals surface area contributed by atoms with Crippen LogP contribution in [0.3, 0.4) is 0 Å². The topological polar surface area (TPSA) is 58.3 Å². The van der Waals surface area contributed by atoms with Gasteiger partial charge < -0.3 is 16.2 Å². The summed E-state index contributed by atoms with van der Waals surface area (Å²) in [7, 11) is 0. The van der Waals surface area contributed by atoms with Crippen LogP contribution in [0.25, 0.3) is 0 Å². The Morgan fingerprint density at radius 2 is 2.06 bits per heavy atom. The Morgan fingerprint density at radius 1 is 1.31 bits per heavy atom. The van der Waals surface area contributed by atoms with E-state index in [1.807, 2.05) is 0 Å². The molecule has 0 bridgehead atoms. The smallest absolute Gasteiger partial charge is 0.128 e. The fourth-order valence-electron chi connectivity index (χ4n) is 1.59. The summed E-state index contributed by atoms with van der Waals surface area (Å²) < 4.78 is 13.5. The van der Waals surface area contributed by atoms with Crippen LogP contribution in [0.2, 0.25) is 0 Å². The molecule has 4 N–H and O–H groups in total. The Bertz CT molecular complexity index is 307. The van der Waals surface area contributed by atoms with Gasteiger partial charge in [0.2, 0.25) is 0 Å². The fourth-order valence-corrected chi connectivity index (χ4v) is 1.59. The van der Waals surface area contributed by atoms with E-state index in [0.29, 0.717) is 12.1 Å². The summed E-state index contributed by atoms with van der Waals surface area (Å²) in [6, 6.07) is 6.49. The second kappa shape index (κ2) is 7.33. The molecule has 90 valence electrons. The third-order valence-electron chi connectivity index (χ3n) is 2.49. The Balaban J connectivity index is 2.51. The number of hydrogen-bond acceptors (Lipinski definition) is 3. The van der Waals surface area contributed by atoms with E-state index >= 15 is 0 Å². The summed E-state index contributed by atoms with van der Waals surface area (Å²) >= 11 is 0. The lowest BCUT2D eigenvalue weighted by atomic mass is 10.1. The Labute approximate surface area is 95.5 Å². The molecular formula is C12H19FN2O. The Hall–Kier alpha value is -0.970. The van der Waals surface area contributed by atoms with Crippen molar-refractivity contribution in [3.8, 4) is 0 Å². The van der Waals surface area contributed by atoms with Crippen molar-refractivity contribution in [1.82, 2.24) is 5.32 Å². The van der Waals surface area contributed by atoms with Crippen LogP contribution in [0.5, 0.6) is 0 Å². The molecule has 0 heterocycles. The van der Waals surface area contributed by atoms with Crippen LogP contribution in [0.15, 0.2) is 24.3 Å². The number of nitrogens with one attached hydrogen (secondary N) is 1. The molecule has 1 aromatic carbocycles. The van der Waals surface area contributed by atoms with Gasteiger partial charge in [-0.2, -0.15) is 0 Å². The number of rotatable bonds is 7. The Morgan fingerprint density at radius 3 is 2.69 bits per heavy atom. The van der Waals surface area contributed by atoms with E-state index in [1.54, 1.807) is 18.2 Å². The first-order chi connectivity index (χ1) is 7.79.